The molecular weight excluding hydrogens is 434 g/mol. The average molecular weight is 462 g/mol. The van der Waals surface area contributed by atoms with Crippen molar-refractivity contribution in [2.45, 2.75) is 31.7 Å². The Hall–Kier alpha value is -3.59. The van der Waals surface area contributed by atoms with E-state index in [1.165, 1.54) is 12.0 Å². The first-order valence-corrected chi connectivity index (χ1v) is 11.8. The van der Waals surface area contributed by atoms with Gasteiger partial charge in [-0.15, -0.1) is 0 Å². The normalized spacial score (nSPS) is 18.1. The Kier molecular flexibility index (Phi) is 5.54. The van der Waals surface area contributed by atoms with Crippen molar-refractivity contribution in [1.82, 2.24) is 19.9 Å². The van der Waals surface area contributed by atoms with Crippen molar-refractivity contribution in [3.05, 3.63) is 53.9 Å². The maximum Gasteiger partial charge on any atom is 0.321 e. The third kappa shape index (κ3) is 4.31. The van der Waals surface area contributed by atoms with Gasteiger partial charge in [0.2, 0.25) is 18.5 Å². The topological polar surface area (TPSA) is 93.0 Å². The van der Waals surface area contributed by atoms with Gasteiger partial charge in [0.25, 0.3) is 0 Å². The number of piperazine rings is 1. The lowest BCUT2D eigenvalue weighted by molar-refractivity contribution is 0.143. The smallest absolute Gasteiger partial charge is 0.321 e. The molecule has 0 atom stereocenters. The summed E-state index contributed by atoms with van der Waals surface area (Å²) in [5.41, 5.74) is 2.81. The maximum atomic E-state index is 12.8. The average Bonchev–Trinajstić information content (AvgIpc) is 3.49. The molecular formula is C25H27N5O4. The largest absolute Gasteiger partial charge is 0.454 e. The summed E-state index contributed by atoms with van der Waals surface area (Å²) in [5, 5.41) is 7.11. The summed E-state index contributed by atoms with van der Waals surface area (Å²) in [4.78, 5) is 21.5. The summed E-state index contributed by atoms with van der Waals surface area (Å²) in [6, 6.07) is 13.6. The number of nitrogens with one attached hydrogen (secondary N) is 1. The van der Waals surface area contributed by atoms with Crippen LogP contribution < -0.4 is 14.8 Å². The van der Waals surface area contributed by atoms with Gasteiger partial charge in [-0.3, -0.25) is 4.90 Å². The van der Waals surface area contributed by atoms with Crippen molar-refractivity contribution in [3.63, 3.8) is 0 Å². The molecule has 6 rings (SSSR count). The fourth-order valence-corrected chi connectivity index (χ4v) is 4.49. The highest BCUT2D eigenvalue weighted by atomic mass is 16.7. The zero-order valence-electron chi connectivity index (χ0n) is 18.9. The van der Waals surface area contributed by atoms with Gasteiger partial charge in [-0.05, 0) is 54.8 Å². The Balaban J connectivity index is 0.999. The fraction of sp³-hybridized carbons (Fsp3) is 0.400. The molecule has 0 unspecified atom stereocenters. The van der Waals surface area contributed by atoms with Gasteiger partial charge in [-0.2, -0.15) is 4.98 Å². The molecule has 2 aliphatic heterocycles. The van der Waals surface area contributed by atoms with E-state index in [9.17, 15) is 4.79 Å². The van der Waals surface area contributed by atoms with E-state index in [1.807, 2.05) is 41.3 Å². The van der Waals surface area contributed by atoms with E-state index in [-0.39, 0.29) is 12.8 Å². The standard InChI is InChI=1S/C25H27N5O4/c31-25(26-20-7-5-18(6-8-20)23-27-24(34-28-23)19-2-1-3-19)30-12-10-29(11-13-30)15-17-4-9-21-22(14-17)33-16-32-21/h4-9,14,19H,1-3,10-13,15-16H2,(H,26,31). The predicted octanol–water partition coefficient (Wildman–Crippen LogP) is 4.08. The number of ether oxygens (including phenoxy) is 2. The van der Waals surface area contributed by atoms with Crippen LogP contribution in [0, 0.1) is 0 Å². The third-order valence-corrected chi connectivity index (χ3v) is 6.79. The number of benzene rings is 2. The first-order valence-electron chi connectivity index (χ1n) is 11.8. The molecule has 34 heavy (non-hydrogen) atoms. The number of fused-ring (bicyclic) bond motifs is 1. The number of hydrogen-bond donors (Lipinski definition) is 1. The molecule has 3 heterocycles. The Labute approximate surface area is 197 Å². The summed E-state index contributed by atoms with van der Waals surface area (Å²) in [5.74, 6) is 3.35. The van der Waals surface area contributed by atoms with Crippen molar-refractivity contribution in [2.75, 3.05) is 38.3 Å². The van der Waals surface area contributed by atoms with Gasteiger partial charge in [0.05, 0.1) is 0 Å². The quantitative estimate of drug-likeness (QED) is 0.612. The SMILES string of the molecule is O=C(Nc1ccc(-c2noc(C3CCC3)n2)cc1)N1CCN(Cc2ccc3c(c2)OCO3)CC1. The number of hydrogen-bond acceptors (Lipinski definition) is 7. The van der Waals surface area contributed by atoms with E-state index in [0.29, 0.717) is 24.8 Å². The molecule has 3 aromatic rings. The van der Waals surface area contributed by atoms with Crippen molar-refractivity contribution in [3.8, 4) is 22.9 Å². The number of nitrogens with zero attached hydrogens (tertiary/aromatic N) is 4. The van der Waals surface area contributed by atoms with Crippen LogP contribution in [0.3, 0.4) is 0 Å². The molecule has 0 spiro atoms. The van der Waals surface area contributed by atoms with Crippen LogP contribution in [-0.4, -0.2) is 58.9 Å². The van der Waals surface area contributed by atoms with E-state index >= 15 is 0 Å². The number of urea groups is 1. The monoisotopic (exact) mass is 461 g/mol. The van der Waals surface area contributed by atoms with Gasteiger partial charge >= 0.3 is 6.03 Å². The Morgan fingerprint density at radius 2 is 1.79 bits per heavy atom. The van der Waals surface area contributed by atoms with Gasteiger partial charge in [0.1, 0.15) is 0 Å². The van der Waals surface area contributed by atoms with E-state index in [0.717, 1.165) is 61.1 Å². The number of rotatable bonds is 5. The van der Waals surface area contributed by atoms with Crippen molar-refractivity contribution in [1.29, 1.82) is 0 Å². The zero-order valence-corrected chi connectivity index (χ0v) is 18.9. The number of amides is 2. The lowest BCUT2D eigenvalue weighted by Gasteiger charge is -2.34. The molecule has 0 bridgehead atoms. The van der Waals surface area contributed by atoms with E-state index in [4.69, 9.17) is 14.0 Å². The van der Waals surface area contributed by atoms with Crippen LogP contribution in [0.1, 0.15) is 36.6 Å². The minimum atomic E-state index is -0.0812. The zero-order chi connectivity index (χ0) is 22.9. The van der Waals surface area contributed by atoms with E-state index in [1.54, 1.807) is 0 Å². The van der Waals surface area contributed by atoms with Gasteiger partial charge < -0.3 is 24.2 Å². The van der Waals surface area contributed by atoms with Gasteiger partial charge in [0, 0.05) is 49.9 Å². The molecule has 3 aliphatic rings. The first-order chi connectivity index (χ1) is 16.7. The molecule has 1 saturated carbocycles. The van der Waals surface area contributed by atoms with Crippen LogP contribution in [0.15, 0.2) is 47.0 Å². The Bertz CT molecular complexity index is 1170. The highest BCUT2D eigenvalue weighted by Crippen LogP contribution is 2.36. The van der Waals surface area contributed by atoms with Crippen LogP contribution in [0.5, 0.6) is 11.5 Å². The molecule has 9 nitrogen and oxygen atoms in total. The first kappa shape index (κ1) is 21.0. The number of aromatic nitrogens is 2. The van der Waals surface area contributed by atoms with Crippen molar-refractivity contribution < 1.29 is 18.8 Å². The van der Waals surface area contributed by atoms with Crippen LogP contribution in [0.25, 0.3) is 11.4 Å². The third-order valence-electron chi connectivity index (χ3n) is 6.79. The lowest BCUT2D eigenvalue weighted by Crippen LogP contribution is -2.49. The Morgan fingerprint density at radius 1 is 1.00 bits per heavy atom. The number of carbonyl (C=O) groups excluding carboxylic acids is 1. The van der Waals surface area contributed by atoms with Gasteiger partial charge in [-0.1, -0.05) is 17.6 Å². The summed E-state index contributed by atoms with van der Waals surface area (Å²) in [6.45, 7) is 4.12. The van der Waals surface area contributed by atoms with Crippen molar-refractivity contribution in [2.24, 2.45) is 0 Å². The molecule has 0 radical (unpaired) electrons. The van der Waals surface area contributed by atoms with Gasteiger partial charge in [0.15, 0.2) is 11.5 Å². The summed E-state index contributed by atoms with van der Waals surface area (Å²) < 4.78 is 16.3. The number of carbonyl (C=O) groups is 1. The predicted molar refractivity (Wildman–Crippen MR) is 125 cm³/mol. The molecule has 1 aromatic heterocycles. The minimum Gasteiger partial charge on any atom is -0.454 e. The highest BCUT2D eigenvalue weighted by molar-refractivity contribution is 5.89. The minimum absolute atomic E-state index is 0.0812. The molecule has 176 valence electrons. The second-order valence-corrected chi connectivity index (χ2v) is 9.04. The van der Waals surface area contributed by atoms with E-state index in [2.05, 4.69) is 26.4 Å². The van der Waals surface area contributed by atoms with Crippen LogP contribution in [-0.2, 0) is 6.54 Å². The van der Waals surface area contributed by atoms with Crippen LogP contribution in [0.4, 0.5) is 10.5 Å². The molecule has 2 aromatic carbocycles. The van der Waals surface area contributed by atoms with E-state index < -0.39 is 0 Å². The fourth-order valence-electron chi connectivity index (χ4n) is 4.49. The highest BCUT2D eigenvalue weighted by Gasteiger charge is 2.26. The lowest BCUT2D eigenvalue weighted by atomic mass is 9.85. The molecule has 9 heteroatoms. The summed E-state index contributed by atoms with van der Waals surface area (Å²) in [7, 11) is 0. The molecule has 1 saturated heterocycles. The maximum absolute atomic E-state index is 12.8. The summed E-state index contributed by atoms with van der Waals surface area (Å²) in [6.07, 6.45) is 3.48. The Morgan fingerprint density at radius 3 is 2.56 bits per heavy atom. The van der Waals surface area contributed by atoms with Crippen molar-refractivity contribution >= 4 is 11.7 Å². The number of anilines is 1. The second-order valence-electron chi connectivity index (χ2n) is 9.04. The molecule has 2 fully saturated rings. The molecule has 1 aliphatic carbocycles. The molecule has 2 amide bonds. The van der Waals surface area contributed by atoms with Crippen LogP contribution >= 0.6 is 0 Å². The van der Waals surface area contributed by atoms with Gasteiger partial charge in [-0.25, -0.2) is 4.79 Å². The molecule has 1 N–H and O–H groups in total. The van der Waals surface area contributed by atoms with Crippen LogP contribution in [0.2, 0.25) is 0 Å². The second kappa shape index (κ2) is 8.98. The summed E-state index contributed by atoms with van der Waals surface area (Å²) >= 11 is 0.